The van der Waals surface area contributed by atoms with E-state index in [2.05, 4.69) is 30.1 Å². The SMILES string of the molecule is CCCNC(C#N)(CN(CC)c1ccc(F)cc1)C1CC1. The Bertz CT molecular complexity index is 490. The first-order valence-electron chi connectivity index (χ1n) is 7.82. The summed E-state index contributed by atoms with van der Waals surface area (Å²) in [6, 6.07) is 9.05. The third-order valence-corrected chi connectivity index (χ3v) is 4.18. The Morgan fingerprint density at radius 3 is 2.48 bits per heavy atom. The van der Waals surface area contributed by atoms with Gasteiger partial charge >= 0.3 is 0 Å². The van der Waals surface area contributed by atoms with E-state index in [0.29, 0.717) is 12.5 Å². The van der Waals surface area contributed by atoms with E-state index in [1.165, 1.54) is 12.1 Å². The number of halogens is 1. The summed E-state index contributed by atoms with van der Waals surface area (Å²) in [5.41, 5.74) is 0.484. The number of anilines is 1. The maximum absolute atomic E-state index is 13.1. The Morgan fingerprint density at radius 2 is 2.00 bits per heavy atom. The molecule has 1 aliphatic rings. The standard InChI is InChI=1S/C17H24FN3/c1-3-11-20-17(12-19,14-5-6-14)13-21(4-2)16-9-7-15(18)8-10-16/h7-10,14,20H,3-6,11,13H2,1-2H3. The van der Waals surface area contributed by atoms with E-state index >= 15 is 0 Å². The Morgan fingerprint density at radius 1 is 1.33 bits per heavy atom. The molecule has 1 N–H and O–H groups in total. The minimum Gasteiger partial charge on any atom is -0.369 e. The van der Waals surface area contributed by atoms with Gasteiger partial charge in [-0.3, -0.25) is 5.32 Å². The summed E-state index contributed by atoms with van der Waals surface area (Å²) in [5.74, 6) is 0.205. The van der Waals surface area contributed by atoms with E-state index in [0.717, 1.165) is 38.0 Å². The second-order valence-electron chi connectivity index (χ2n) is 5.77. The molecule has 0 bridgehead atoms. The van der Waals surface area contributed by atoms with Crippen LogP contribution in [0.4, 0.5) is 10.1 Å². The van der Waals surface area contributed by atoms with E-state index in [1.807, 2.05) is 0 Å². The molecule has 114 valence electrons. The second-order valence-corrected chi connectivity index (χ2v) is 5.77. The van der Waals surface area contributed by atoms with Crippen molar-refractivity contribution < 1.29 is 4.39 Å². The number of nitrogens with zero attached hydrogens (tertiary/aromatic N) is 2. The van der Waals surface area contributed by atoms with Gasteiger partial charge in [-0.25, -0.2) is 4.39 Å². The molecule has 0 radical (unpaired) electrons. The third-order valence-electron chi connectivity index (χ3n) is 4.18. The Labute approximate surface area is 126 Å². The van der Waals surface area contributed by atoms with Crippen LogP contribution in [0.15, 0.2) is 24.3 Å². The first-order valence-corrected chi connectivity index (χ1v) is 7.82. The lowest BCUT2D eigenvalue weighted by atomic mass is 9.93. The highest BCUT2D eigenvalue weighted by Gasteiger charge is 2.46. The topological polar surface area (TPSA) is 39.1 Å². The number of hydrogen-bond acceptors (Lipinski definition) is 3. The van der Waals surface area contributed by atoms with Crippen LogP contribution in [0.3, 0.4) is 0 Å². The summed E-state index contributed by atoms with van der Waals surface area (Å²) in [5, 5.41) is 13.2. The van der Waals surface area contributed by atoms with Crippen LogP contribution in [0.1, 0.15) is 33.1 Å². The average molecular weight is 289 g/mol. The van der Waals surface area contributed by atoms with E-state index in [4.69, 9.17) is 0 Å². The summed E-state index contributed by atoms with van der Waals surface area (Å²) in [6.45, 7) is 6.48. The van der Waals surface area contributed by atoms with Gasteiger partial charge in [0.2, 0.25) is 0 Å². The molecule has 0 amide bonds. The molecule has 1 unspecified atom stereocenters. The van der Waals surface area contributed by atoms with Gasteiger partial charge in [0, 0.05) is 18.8 Å². The molecule has 1 fully saturated rings. The van der Waals surface area contributed by atoms with Gasteiger partial charge in [-0.05, 0) is 62.9 Å². The van der Waals surface area contributed by atoms with Crippen molar-refractivity contribution in [3.8, 4) is 6.07 Å². The molecule has 21 heavy (non-hydrogen) atoms. The fourth-order valence-corrected chi connectivity index (χ4v) is 2.76. The van der Waals surface area contributed by atoms with E-state index < -0.39 is 5.54 Å². The molecule has 1 aromatic carbocycles. The fraction of sp³-hybridized carbons (Fsp3) is 0.588. The van der Waals surface area contributed by atoms with Crippen molar-refractivity contribution in [2.75, 3.05) is 24.5 Å². The average Bonchev–Trinajstić information content (AvgIpc) is 3.34. The summed E-state index contributed by atoms with van der Waals surface area (Å²) >= 11 is 0. The van der Waals surface area contributed by atoms with E-state index in [1.54, 1.807) is 12.1 Å². The number of hydrogen-bond donors (Lipinski definition) is 1. The minimum atomic E-state index is -0.486. The van der Waals surface area contributed by atoms with Crippen molar-refractivity contribution >= 4 is 5.69 Å². The summed E-state index contributed by atoms with van der Waals surface area (Å²) in [6.07, 6.45) is 3.25. The smallest absolute Gasteiger partial charge is 0.127 e. The second kappa shape index (κ2) is 6.91. The van der Waals surface area contributed by atoms with Crippen LogP contribution in [0.5, 0.6) is 0 Å². The zero-order chi connectivity index (χ0) is 15.3. The summed E-state index contributed by atoms with van der Waals surface area (Å²) in [7, 11) is 0. The van der Waals surface area contributed by atoms with Gasteiger partial charge < -0.3 is 4.90 Å². The van der Waals surface area contributed by atoms with Gasteiger partial charge in [0.15, 0.2) is 0 Å². The lowest BCUT2D eigenvalue weighted by Crippen LogP contribution is -2.54. The monoisotopic (exact) mass is 289 g/mol. The minimum absolute atomic E-state index is 0.229. The lowest BCUT2D eigenvalue weighted by Gasteiger charge is -2.35. The molecule has 1 aliphatic carbocycles. The first-order chi connectivity index (χ1) is 10.1. The van der Waals surface area contributed by atoms with Gasteiger partial charge in [-0.15, -0.1) is 0 Å². The third kappa shape index (κ3) is 3.74. The lowest BCUT2D eigenvalue weighted by molar-refractivity contribution is 0.365. The highest BCUT2D eigenvalue weighted by Crippen LogP contribution is 2.40. The molecular formula is C17H24FN3. The van der Waals surface area contributed by atoms with Gasteiger partial charge in [0.25, 0.3) is 0 Å². The van der Waals surface area contributed by atoms with Gasteiger partial charge in [0.05, 0.1) is 6.07 Å². The maximum Gasteiger partial charge on any atom is 0.127 e. The summed E-state index contributed by atoms with van der Waals surface area (Å²) in [4.78, 5) is 2.16. The van der Waals surface area contributed by atoms with Crippen molar-refractivity contribution in [2.45, 2.75) is 38.6 Å². The number of likely N-dealkylation sites (N-methyl/N-ethyl adjacent to an activating group) is 1. The van der Waals surface area contributed by atoms with Crippen LogP contribution in [0.25, 0.3) is 0 Å². The maximum atomic E-state index is 13.1. The van der Waals surface area contributed by atoms with Crippen molar-refractivity contribution in [3.05, 3.63) is 30.1 Å². The number of nitriles is 1. The molecule has 1 aromatic rings. The highest BCUT2D eigenvalue weighted by molar-refractivity contribution is 5.47. The van der Waals surface area contributed by atoms with Crippen LogP contribution >= 0.6 is 0 Å². The zero-order valence-electron chi connectivity index (χ0n) is 12.9. The predicted molar refractivity (Wildman–Crippen MR) is 83.6 cm³/mol. The van der Waals surface area contributed by atoms with Crippen molar-refractivity contribution in [1.29, 1.82) is 5.26 Å². The van der Waals surface area contributed by atoms with E-state index in [9.17, 15) is 9.65 Å². The normalized spacial score (nSPS) is 17.0. The Kier molecular flexibility index (Phi) is 5.19. The fourth-order valence-electron chi connectivity index (χ4n) is 2.76. The zero-order valence-corrected chi connectivity index (χ0v) is 12.9. The first kappa shape index (κ1) is 15.8. The molecule has 0 saturated heterocycles. The molecule has 1 atom stereocenters. The largest absolute Gasteiger partial charge is 0.369 e. The van der Waals surface area contributed by atoms with Crippen molar-refractivity contribution in [1.82, 2.24) is 5.32 Å². The molecule has 0 spiro atoms. The van der Waals surface area contributed by atoms with Crippen LogP contribution < -0.4 is 10.2 Å². The number of rotatable bonds is 8. The quantitative estimate of drug-likeness (QED) is 0.798. The van der Waals surface area contributed by atoms with Gasteiger partial charge in [-0.2, -0.15) is 5.26 Å². The Balaban J connectivity index is 2.17. The van der Waals surface area contributed by atoms with Crippen molar-refractivity contribution in [3.63, 3.8) is 0 Å². The molecule has 3 nitrogen and oxygen atoms in total. The van der Waals surface area contributed by atoms with Crippen LogP contribution in [0.2, 0.25) is 0 Å². The predicted octanol–water partition coefficient (Wildman–Crippen LogP) is 3.32. The van der Waals surface area contributed by atoms with Gasteiger partial charge in [-0.1, -0.05) is 6.92 Å². The Hall–Kier alpha value is -1.60. The highest BCUT2D eigenvalue weighted by atomic mass is 19.1. The molecule has 0 aromatic heterocycles. The van der Waals surface area contributed by atoms with Crippen LogP contribution in [-0.2, 0) is 0 Å². The molecule has 2 rings (SSSR count). The molecule has 0 aliphatic heterocycles. The summed E-state index contributed by atoms with van der Waals surface area (Å²) < 4.78 is 13.1. The molecule has 1 saturated carbocycles. The van der Waals surface area contributed by atoms with Crippen molar-refractivity contribution in [2.24, 2.45) is 5.92 Å². The number of nitrogens with one attached hydrogen (secondary N) is 1. The number of benzene rings is 1. The van der Waals surface area contributed by atoms with Crippen LogP contribution in [-0.4, -0.2) is 25.2 Å². The van der Waals surface area contributed by atoms with Crippen LogP contribution in [0, 0.1) is 23.1 Å². The molecular weight excluding hydrogens is 265 g/mol. The molecule has 4 heteroatoms. The van der Waals surface area contributed by atoms with Gasteiger partial charge in [0.1, 0.15) is 11.4 Å². The van der Waals surface area contributed by atoms with E-state index in [-0.39, 0.29) is 5.82 Å². The molecule has 0 heterocycles.